The molecule has 2 fully saturated rings. The molecule has 1 aromatic carbocycles. The van der Waals surface area contributed by atoms with Gasteiger partial charge in [-0.2, -0.15) is 0 Å². The van der Waals surface area contributed by atoms with Crippen molar-refractivity contribution in [1.29, 1.82) is 0 Å². The summed E-state index contributed by atoms with van der Waals surface area (Å²) in [4.78, 5) is 14.3. The van der Waals surface area contributed by atoms with E-state index in [1.54, 1.807) is 23.7 Å². The van der Waals surface area contributed by atoms with Gasteiger partial charge in [0.1, 0.15) is 0 Å². The Morgan fingerprint density at radius 1 is 1.00 bits per heavy atom. The highest BCUT2D eigenvalue weighted by Gasteiger charge is 2.44. The Morgan fingerprint density at radius 2 is 1.57 bits per heavy atom. The highest BCUT2D eigenvalue weighted by molar-refractivity contribution is 5.90. The van der Waals surface area contributed by atoms with Crippen LogP contribution in [0.2, 0.25) is 0 Å². The lowest BCUT2D eigenvalue weighted by Gasteiger charge is -2.46. The van der Waals surface area contributed by atoms with E-state index in [9.17, 15) is 4.79 Å². The molecule has 122 valence electrons. The molecule has 3 heteroatoms. The molecule has 1 aromatic rings. The van der Waals surface area contributed by atoms with Crippen molar-refractivity contribution in [2.24, 2.45) is 11.8 Å². The number of rotatable bonds is 1. The molecule has 4 unspecified atom stereocenters. The van der Waals surface area contributed by atoms with Crippen molar-refractivity contribution >= 4 is 17.3 Å². The SMILES string of the molecule is CC(=O)Nc1cc2c3c(c1)C1CCCC1CN3CC1CCCC21. The van der Waals surface area contributed by atoms with E-state index in [4.69, 9.17) is 0 Å². The Hall–Kier alpha value is -1.51. The van der Waals surface area contributed by atoms with Crippen LogP contribution in [-0.2, 0) is 4.79 Å². The molecule has 0 aromatic heterocycles. The van der Waals surface area contributed by atoms with Crippen LogP contribution in [0.1, 0.15) is 68.4 Å². The average molecular weight is 310 g/mol. The van der Waals surface area contributed by atoms with E-state index in [2.05, 4.69) is 22.3 Å². The summed E-state index contributed by atoms with van der Waals surface area (Å²) in [7, 11) is 0. The first kappa shape index (κ1) is 13.9. The Balaban J connectivity index is 1.68. The lowest BCUT2D eigenvalue weighted by Crippen LogP contribution is -2.43. The van der Waals surface area contributed by atoms with Crippen LogP contribution in [0, 0.1) is 11.8 Å². The van der Waals surface area contributed by atoms with Crippen LogP contribution in [0.5, 0.6) is 0 Å². The van der Waals surface area contributed by atoms with Crippen molar-refractivity contribution in [3.63, 3.8) is 0 Å². The predicted molar refractivity (Wildman–Crippen MR) is 93.1 cm³/mol. The van der Waals surface area contributed by atoms with E-state index in [-0.39, 0.29) is 5.91 Å². The van der Waals surface area contributed by atoms with Gasteiger partial charge in [0, 0.05) is 31.4 Å². The van der Waals surface area contributed by atoms with Gasteiger partial charge in [-0.1, -0.05) is 12.8 Å². The monoisotopic (exact) mass is 310 g/mol. The van der Waals surface area contributed by atoms with Gasteiger partial charge in [0.15, 0.2) is 0 Å². The largest absolute Gasteiger partial charge is 0.370 e. The molecule has 2 aliphatic heterocycles. The molecule has 0 spiro atoms. The fourth-order valence-electron chi connectivity index (χ4n) is 6.04. The molecular weight excluding hydrogens is 284 g/mol. The van der Waals surface area contributed by atoms with Gasteiger partial charge in [0.2, 0.25) is 5.91 Å². The normalized spacial score (nSPS) is 33.9. The number of anilines is 2. The molecule has 0 radical (unpaired) electrons. The molecule has 2 saturated carbocycles. The number of fused-ring (bicyclic) bond motifs is 4. The smallest absolute Gasteiger partial charge is 0.221 e. The predicted octanol–water partition coefficient (Wildman–Crippen LogP) is 4.25. The highest BCUT2D eigenvalue weighted by atomic mass is 16.1. The Morgan fingerprint density at radius 3 is 2.09 bits per heavy atom. The highest BCUT2D eigenvalue weighted by Crippen LogP contribution is 2.56. The Bertz CT molecular complexity index is 623. The van der Waals surface area contributed by atoms with Crippen LogP contribution in [-0.4, -0.2) is 19.0 Å². The second-order valence-corrected chi connectivity index (χ2v) is 8.18. The van der Waals surface area contributed by atoms with Gasteiger partial charge in [-0.05, 0) is 72.6 Å². The van der Waals surface area contributed by atoms with Gasteiger partial charge >= 0.3 is 0 Å². The molecule has 1 amide bonds. The van der Waals surface area contributed by atoms with Crippen molar-refractivity contribution in [3.8, 4) is 0 Å². The van der Waals surface area contributed by atoms with Crippen LogP contribution < -0.4 is 10.2 Å². The van der Waals surface area contributed by atoms with Crippen LogP contribution in [0.4, 0.5) is 11.4 Å². The quantitative estimate of drug-likeness (QED) is 0.841. The van der Waals surface area contributed by atoms with Crippen LogP contribution >= 0.6 is 0 Å². The summed E-state index contributed by atoms with van der Waals surface area (Å²) < 4.78 is 0. The summed E-state index contributed by atoms with van der Waals surface area (Å²) in [5.74, 6) is 3.17. The minimum atomic E-state index is 0.0477. The third-order valence-electron chi connectivity index (χ3n) is 6.83. The topological polar surface area (TPSA) is 32.3 Å². The molecule has 4 atom stereocenters. The van der Waals surface area contributed by atoms with Gasteiger partial charge in [-0.15, -0.1) is 0 Å². The van der Waals surface area contributed by atoms with E-state index in [0.717, 1.165) is 29.4 Å². The molecule has 4 aliphatic rings. The summed E-state index contributed by atoms with van der Waals surface area (Å²) in [6.07, 6.45) is 8.18. The second-order valence-electron chi connectivity index (χ2n) is 8.18. The first-order valence-electron chi connectivity index (χ1n) is 9.41. The van der Waals surface area contributed by atoms with Crippen molar-refractivity contribution in [2.45, 2.75) is 57.3 Å². The third kappa shape index (κ3) is 2.05. The maximum atomic E-state index is 11.6. The molecule has 2 heterocycles. The number of nitrogens with one attached hydrogen (secondary N) is 1. The number of amides is 1. The number of hydrogen-bond acceptors (Lipinski definition) is 2. The third-order valence-corrected chi connectivity index (χ3v) is 6.83. The lowest BCUT2D eigenvalue weighted by atomic mass is 9.75. The summed E-state index contributed by atoms with van der Waals surface area (Å²) in [6.45, 7) is 4.16. The van der Waals surface area contributed by atoms with Gasteiger partial charge in [-0.3, -0.25) is 4.79 Å². The number of hydrogen-bond donors (Lipinski definition) is 1. The minimum absolute atomic E-state index is 0.0477. The first-order valence-corrected chi connectivity index (χ1v) is 9.41. The molecule has 3 nitrogen and oxygen atoms in total. The molecule has 0 saturated heterocycles. The lowest BCUT2D eigenvalue weighted by molar-refractivity contribution is -0.114. The fourth-order valence-corrected chi connectivity index (χ4v) is 6.04. The second kappa shape index (κ2) is 4.99. The Labute approximate surface area is 138 Å². The summed E-state index contributed by atoms with van der Waals surface area (Å²) in [6, 6.07) is 4.59. The molecule has 5 rings (SSSR count). The molecular formula is C20H26N2O. The fraction of sp³-hybridized carbons (Fsp3) is 0.650. The van der Waals surface area contributed by atoms with E-state index in [0.29, 0.717) is 0 Å². The van der Waals surface area contributed by atoms with E-state index < -0.39 is 0 Å². The zero-order valence-corrected chi connectivity index (χ0v) is 14.0. The first-order chi connectivity index (χ1) is 11.2. The number of carbonyl (C=O) groups excluding carboxylic acids is 1. The molecule has 2 aliphatic carbocycles. The zero-order valence-electron chi connectivity index (χ0n) is 14.0. The van der Waals surface area contributed by atoms with Crippen molar-refractivity contribution in [3.05, 3.63) is 23.3 Å². The standard InChI is InChI=1S/C20H26N2O/c1-12(23)21-15-8-18-16-6-2-4-13(16)10-22-11-14-5-3-7-17(14)19(9-15)20(18)22/h8-9,13-14,16-17H,2-7,10-11H2,1H3,(H,21,23). The van der Waals surface area contributed by atoms with Gasteiger partial charge < -0.3 is 10.2 Å². The molecule has 1 N–H and O–H groups in total. The van der Waals surface area contributed by atoms with Crippen LogP contribution in [0.25, 0.3) is 0 Å². The number of nitrogens with zero attached hydrogens (tertiary/aromatic N) is 1. The van der Waals surface area contributed by atoms with E-state index >= 15 is 0 Å². The minimum Gasteiger partial charge on any atom is -0.370 e. The zero-order chi connectivity index (χ0) is 15.6. The Kier molecular flexibility index (Phi) is 3.01. The van der Waals surface area contributed by atoms with Crippen LogP contribution in [0.15, 0.2) is 12.1 Å². The maximum absolute atomic E-state index is 11.6. The summed E-state index contributed by atoms with van der Waals surface area (Å²) in [5.41, 5.74) is 5.69. The van der Waals surface area contributed by atoms with Crippen molar-refractivity contribution < 1.29 is 4.79 Å². The van der Waals surface area contributed by atoms with Gasteiger partial charge in [0.05, 0.1) is 0 Å². The molecule has 0 bridgehead atoms. The van der Waals surface area contributed by atoms with Crippen molar-refractivity contribution in [2.75, 3.05) is 23.3 Å². The van der Waals surface area contributed by atoms with E-state index in [1.807, 2.05) is 0 Å². The van der Waals surface area contributed by atoms with Gasteiger partial charge in [-0.25, -0.2) is 0 Å². The average Bonchev–Trinajstić information content (AvgIpc) is 3.14. The van der Waals surface area contributed by atoms with Crippen LogP contribution in [0.3, 0.4) is 0 Å². The maximum Gasteiger partial charge on any atom is 0.221 e. The van der Waals surface area contributed by atoms with E-state index in [1.165, 1.54) is 51.6 Å². The number of carbonyl (C=O) groups is 1. The van der Waals surface area contributed by atoms with Crippen molar-refractivity contribution in [1.82, 2.24) is 0 Å². The summed E-state index contributed by atoms with van der Waals surface area (Å²) >= 11 is 0. The molecule has 23 heavy (non-hydrogen) atoms. The summed E-state index contributed by atoms with van der Waals surface area (Å²) in [5, 5.41) is 3.07. The van der Waals surface area contributed by atoms with Gasteiger partial charge in [0.25, 0.3) is 0 Å². The number of benzene rings is 1.